The highest BCUT2D eigenvalue weighted by Crippen LogP contribution is 2.29. The van der Waals surface area contributed by atoms with Crippen molar-refractivity contribution in [3.05, 3.63) is 70.5 Å². The van der Waals surface area contributed by atoms with E-state index in [1.165, 1.54) is 5.56 Å². The lowest BCUT2D eigenvalue weighted by atomic mass is 10.1. The molecule has 1 amide bonds. The van der Waals surface area contributed by atoms with Crippen LogP contribution in [0.2, 0.25) is 0 Å². The standard InChI is InChI=1S/C20H18BrN3O2/c21-17-8-6-15(7-9-17)19-22-20(26-23-19)16-12-18(25)24(13-16)11-10-14-4-2-1-3-5-14/h1-9,16H,10-13H2. The Balaban J connectivity index is 1.41. The maximum Gasteiger partial charge on any atom is 0.232 e. The fourth-order valence-corrected chi connectivity index (χ4v) is 3.44. The van der Waals surface area contributed by atoms with Gasteiger partial charge in [-0.25, -0.2) is 0 Å². The maximum atomic E-state index is 12.3. The Labute approximate surface area is 160 Å². The summed E-state index contributed by atoms with van der Waals surface area (Å²) in [7, 11) is 0. The van der Waals surface area contributed by atoms with Gasteiger partial charge < -0.3 is 9.42 Å². The van der Waals surface area contributed by atoms with Gasteiger partial charge in [0.1, 0.15) is 0 Å². The van der Waals surface area contributed by atoms with Gasteiger partial charge >= 0.3 is 0 Å². The molecule has 0 aliphatic carbocycles. The summed E-state index contributed by atoms with van der Waals surface area (Å²) < 4.78 is 6.44. The molecule has 0 N–H and O–H groups in total. The summed E-state index contributed by atoms with van der Waals surface area (Å²) in [6, 6.07) is 18.0. The number of hydrogen-bond donors (Lipinski definition) is 0. The van der Waals surface area contributed by atoms with Gasteiger partial charge in [0, 0.05) is 29.5 Å². The Morgan fingerprint density at radius 3 is 2.65 bits per heavy atom. The summed E-state index contributed by atoms with van der Waals surface area (Å²) in [5.41, 5.74) is 2.13. The second-order valence-electron chi connectivity index (χ2n) is 6.44. The summed E-state index contributed by atoms with van der Waals surface area (Å²) >= 11 is 3.41. The van der Waals surface area contributed by atoms with E-state index in [2.05, 4.69) is 38.2 Å². The minimum atomic E-state index is -0.0324. The van der Waals surface area contributed by atoms with E-state index in [0.29, 0.717) is 31.2 Å². The third-order valence-electron chi connectivity index (χ3n) is 4.62. The Kier molecular flexibility index (Phi) is 4.84. The quantitative estimate of drug-likeness (QED) is 0.634. The van der Waals surface area contributed by atoms with Crippen LogP contribution in [0, 0.1) is 0 Å². The zero-order valence-corrected chi connectivity index (χ0v) is 15.7. The molecule has 1 aromatic heterocycles. The van der Waals surface area contributed by atoms with Crippen molar-refractivity contribution in [1.82, 2.24) is 15.0 Å². The number of rotatable bonds is 5. The Morgan fingerprint density at radius 2 is 1.88 bits per heavy atom. The monoisotopic (exact) mass is 411 g/mol. The van der Waals surface area contributed by atoms with Crippen LogP contribution in [0.25, 0.3) is 11.4 Å². The number of carbonyl (C=O) groups excluding carboxylic acids is 1. The number of amides is 1. The number of benzene rings is 2. The van der Waals surface area contributed by atoms with Crippen LogP contribution in [0.1, 0.15) is 23.8 Å². The third kappa shape index (κ3) is 3.70. The zero-order valence-electron chi connectivity index (χ0n) is 14.1. The normalized spacial score (nSPS) is 17.0. The number of nitrogens with zero attached hydrogens (tertiary/aromatic N) is 3. The van der Waals surface area contributed by atoms with E-state index in [4.69, 9.17) is 4.52 Å². The van der Waals surface area contributed by atoms with E-state index >= 15 is 0 Å². The fraction of sp³-hybridized carbons (Fsp3) is 0.250. The summed E-state index contributed by atoms with van der Waals surface area (Å²) in [6.45, 7) is 1.35. The molecular weight excluding hydrogens is 394 g/mol. The van der Waals surface area contributed by atoms with E-state index in [-0.39, 0.29) is 11.8 Å². The molecule has 0 radical (unpaired) electrons. The highest BCUT2D eigenvalue weighted by atomic mass is 79.9. The summed E-state index contributed by atoms with van der Waals surface area (Å²) in [5, 5.41) is 4.07. The largest absolute Gasteiger partial charge is 0.342 e. The highest BCUT2D eigenvalue weighted by Gasteiger charge is 2.34. The van der Waals surface area contributed by atoms with E-state index < -0.39 is 0 Å². The van der Waals surface area contributed by atoms with Crippen molar-refractivity contribution in [2.45, 2.75) is 18.8 Å². The van der Waals surface area contributed by atoms with Crippen molar-refractivity contribution in [2.24, 2.45) is 0 Å². The molecule has 4 rings (SSSR count). The van der Waals surface area contributed by atoms with Crippen LogP contribution >= 0.6 is 15.9 Å². The lowest BCUT2D eigenvalue weighted by Crippen LogP contribution is -2.27. The van der Waals surface area contributed by atoms with Gasteiger partial charge in [-0.2, -0.15) is 4.98 Å². The number of carbonyl (C=O) groups is 1. The molecule has 132 valence electrons. The molecule has 1 atom stereocenters. The number of halogens is 1. The van der Waals surface area contributed by atoms with Crippen molar-refractivity contribution < 1.29 is 9.32 Å². The smallest absolute Gasteiger partial charge is 0.232 e. The van der Waals surface area contributed by atoms with Gasteiger partial charge in [-0.1, -0.05) is 51.4 Å². The minimum absolute atomic E-state index is 0.0324. The van der Waals surface area contributed by atoms with E-state index in [9.17, 15) is 4.79 Å². The van der Waals surface area contributed by atoms with Gasteiger partial charge in [0.2, 0.25) is 17.6 Å². The van der Waals surface area contributed by atoms with Gasteiger partial charge in [0.25, 0.3) is 0 Å². The van der Waals surface area contributed by atoms with Crippen LogP contribution in [0.4, 0.5) is 0 Å². The summed E-state index contributed by atoms with van der Waals surface area (Å²) in [6.07, 6.45) is 1.28. The first-order valence-corrected chi connectivity index (χ1v) is 9.39. The fourth-order valence-electron chi connectivity index (χ4n) is 3.18. The SMILES string of the molecule is O=C1CC(c2nc(-c3ccc(Br)cc3)no2)CN1CCc1ccccc1. The molecule has 6 heteroatoms. The van der Waals surface area contributed by atoms with E-state index in [1.54, 1.807) is 0 Å². The average molecular weight is 412 g/mol. The molecule has 0 bridgehead atoms. The van der Waals surface area contributed by atoms with E-state index in [1.807, 2.05) is 47.4 Å². The summed E-state index contributed by atoms with van der Waals surface area (Å²) in [5.74, 6) is 1.21. The lowest BCUT2D eigenvalue weighted by Gasteiger charge is -2.15. The molecule has 0 saturated carbocycles. The van der Waals surface area contributed by atoms with Crippen molar-refractivity contribution in [1.29, 1.82) is 0 Å². The summed E-state index contributed by atoms with van der Waals surface area (Å²) in [4.78, 5) is 18.7. The average Bonchev–Trinajstić information content (AvgIpc) is 3.28. The first kappa shape index (κ1) is 17.0. The van der Waals surface area contributed by atoms with Crippen molar-refractivity contribution >= 4 is 21.8 Å². The van der Waals surface area contributed by atoms with Gasteiger partial charge in [-0.3, -0.25) is 4.79 Å². The van der Waals surface area contributed by atoms with Crippen molar-refractivity contribution in [3.63, 3.8) is 0 Å². The molecule has 5 nitrogen and oxygen atoms in total. The molecule has 1 aliphatic heterocycles. The first-order valence-electron chi connectivity index (χ1n) is 8.60. The van der Waals surface area contributed by atoms with Gasteiger partial charge in [0.05, 0.1) is 5.92 Å². The molecule has 26 heavy (non-hydrogen) atoms. The second-order valence-corrected chi connectivity index (χ2v) is 7.36. The van der Waals surface area contributed by atoms with Crippen molar-refractivity contribution in [2.75, 3.05) is 13.1 Å². The number of hydrogen-bond acceptors (Lipinski definition) is 4. The maximum absolute atomic E-state index is 12.3. The molecular formula is C20H18BrN3O2. The molecule has 1 saturated heterocycles. The zero-order chi connectivity index (χ0) is 17.9. The van der Waals surface area contributed by atoms with Crippen LogP contribution in [0.15, 0.2) is 63.6 Å². The number of aromatic nitrogens is 2. The lowest BCUT2D eigenvalue weighted by molar-refractivity contribution is -0.127. The molecule has 1 fully saturated rings. The highest BCUT2D eigenvalue weighted by molar-refractivity contribution is 9.10. The predicted molar refractivity (Wildman–Crippen MR) is 102 cm³/mol. The minimum Gasteiger partial charge on any atom is -0.342 e. The molecule has 3 aromatic rings. The number of likely N-dealkylation sites (tertiary alicyclic amines) is 1. The van der Waals surface area contributed by atoms with Gasteiger partial charge in [-0.15, -0.1) is 0 Å². The van der Waals surface area contributed by atoms with Crippen LogP contribution in [0.5, 0.6) is 0 Å². The Bertz CT molecular complexity index is 893. The van der Waals surface area contributed by atoms with Crippen LogP contribution in [-0.2, 0) is 11.2 Å². The molecule has 0 spiro atoms. The van der Waals surface area contributed by atoms with Gasteiger partial charge in [-0.05, 0) is 36.2 Å². The molecule has 2 aromatic carbocycles. The van der Waals surface area contributed by atoms with Crippen LogP contribution in [0.3, 0.4) is 0 Å². The molecule has 1 aliphatic rings. The van der Waals surface area contributed by atoms with Crippen molar-refractivity contribution in [3.8, 4) is 11.4 Å². The van der Waals surface area contributed by atoms with Crippen LogP contribution in [-0.4, -0.2) is 34.0 Å². The van der Waals surface area contributed by atoms with E-state index in [0.717, 1.165) is 16.5 Å². The molecule has 2 heterocycles. The first-order chi connectivity index (χ1) is 12.7. The third-order valence-corrected chi connectivity index (χ3v) is 5.15. The second kappa shape index (κ2) is 7.41. The predicted octanol–water partition coefficient (Wildman–Crippen LogP) is 4.06. The topological polar surface area (TPSA) is 59.2 Å². The Morgan fingerprint density at radius 1 is 1.12 bits per heavy atom. The Hall–Kier alpha value is -2.47. The van der Waals surface area contributed by atoms with Gasteiger partial charge in [0.15, 0.2) is 0 Å². The van der Waals surface area contributed by atoms with Crippen LogP contribution < -0.4 is 0 Å². The molecule has 1 unspecified atom stereocenters.